The van der Waals surface area contributed by atoms with E-state index in [1.54, 1.807) is 0 Å². The first-order valence-corrected chi connectivity index (χ1v) is 16.3. The molecule has 0 fully saturated rings. The molecule has 2 aromatic carbocycles. The molecule has 6 heteroatoms. The van der Waals surface area contributed by atoms with Crippen LogP contribution in [0.4, 0.5) is 0 Å². The number of carboxylic acids is 1. The predicted octanol–water partition coefficient (Wildman–Crippen LogP) is 10.5. The highest BCUT2D eigenvalue weighted by atomic mass is 32.2. The molecule has 42 heavy (non-hydrogen) atoms. The van der Waals surface area contributed by atoms with Gasteiger partial charge in [-0.05, 0) is 70.9 Å². The van der Waals surface area contributed by atoms with Crippen molar-refractivity contribution in [1.29, 1.82) is 0 Å². The highest BCUT2D eigenvalue weighted by molar-refractivity contribution is 8.18. The van der Waals surface area contributed by atoms with Gasteiger partial charge in [-0.1, -0.05) is 95.7 Å². The largest absolute Gasteiger partial charge is 0.480 e. The van der Waals surface area contributed by atoms with E-state index in [-0.39, 0.29) is 32.3 Å². The van der Waals surface area contributed by atoms with Crippen molar-refractivity contribution in [2.45, 2.75) is 132 Å². The molecule has 234 valence electrons. The lowest BCUT2D eigenvalue weighted by Gasteiger charge is -2.32. The summed E-state index contributed by atoms with van der Waals surface area (Å²) in [5.41, 5.74) is 4.62. The van der Waals surface area contributed by atoms with Gasteiger partial charge in [0.05, 0.1) is 4.08 Å². The second kappa shape index (κ2) is 13.0. The fourth-order valence-corrected chi connectivity index (χ4v) is 7.03. The third-order valence-corrected chi connectivity index (χ3v) is 9.21. The fourth-order valence-electron chi connectivity index (χ4n) is 4.42. The third kappa shape index (κ3) is 10.7. The van der Waals surface area contributed by atoms with Gasteiger partial charge in [-0.25, -0.2) is 4.79 Å². The van der Waals surface area contributed by atoms with Crippen molar-refractivity contribution in [1.82, 2.24) is 0 Å². The maximum atomic E-state index is 10.9. The zero-order chi connectivity index (χ0) is 32.5. The molecule has 4 nitrogen and oxygen atoms in total. The summed E-state index contributed by atoms with van der Waals surface area (Å²) < 4.78 is 11.5. The lowest BCUT2D eigenvalue weighted by molar-refractivity contribution is -0.142. The molecule has 0 aliphatic heterocycles. The highest BCUT2D eigenvalue weighted by Gasteiger charge is 2.31. The van der Waals surface area contributed by atoms with Crippen molar-refractivity contribution in [3.05, 3.63) is 64.9 Å². The minimum absolute atomic E-state index is 0.0177. The Morgan fingerprint density at radius 3 is 1.43 bits per heavy atom. The maximum absolute atomic E-state index is 10.9. The molecule has 0 bridgehead atoms. The molecule has 0 saturated heterocycles. The molecule has 0 atom stereocenters. The summed E-state index contributed by atoms with van der Waals surface area (Å²) in [6, 6.07) is 11.6. The number of carboxylic acid groups (broad SMARTS) is 1. The van der Waals surface area contributed by atoms with Crippen LogP contribution >= 0.6 is 23.5 Å². The van der Waals surface area contributed by atoms with Gasteiger partial charge in [-0.3, -0.25) is 0 Å². The Balaban J connectivity index is 2.54. The van der Waals surface area contributed by atoms with E-state index < -0.39 is 12.6 Å². The Labute approximate surface area is 264 Å². The molecule has 0 aliphatic rings. The van der Waals surface area contributed by atoms with Crippen molar-refractivity contribution in [3.8, 4) is 5.75 Å². The number of ether oxygens (including phenoxy) is 2. The zero-order valence-electron chi connectivity index (χ0n) is 28.5. The fraction of sp³-hybridized carbons (Fsp3) is 0.583. The molecule has 2 aromatic rings. The van der Waals surface area contributed by atoms with Gasteiger partial charge in [0.25, 0.3) is 0 Å². The average molecular weight is 615 g/mol. The van der Waals surface area contributed by atoms with Crippen LogP contribution in [-0.2, 0) is 31.2 Å². The first-order valence-electron chi connectivity index (χ1n) is 14.7. The summed E-state index contributed by atoms with van der Waals surface area (Å²) in [5.74, 6) is 0.147. The molecule has 2 rings (SSSR count). The van der Waals surface area contributed by atoms with Gasteiger partial charge >= 0.3 is 5.97 Å². The normalized spacial score (nSPS) is 13.3. The van der Waals surface area contributed by atoms with E-state index in [2.05, 4.69) is 134 Å². The van der Waals surface area contributed by atoms with Crippen LogP contribution in [0, 0.1) is 0 Å². The monoisotopic (exact) mass is 614 g/mol. The average Bonchev–Trinajstić information content (AvgIpc) is 2.76. The molecular weight excluding hydrogens is 561 g/mol. The van der Waals surface area contributed by atoms with E-state index in [0.29, 0.717) is 5.76 Å². The number of benzene rings is 2. The zero-order valence-corrected chi connectivity index (χ0v) is 30.1. The smallest absolute Gasteiger partial charge is 0.329 e. The number of carbonyl (C=O) groups is 1. The van der Waals surface area contributed by atoms with Crippen LogP contribution in [-0.4, -0.2) is 28.4 Å². The number of rotatable bonds is 10. The maximum Gasteiger partial charge on any atom is 0.329 e. The Morgan fingerprint density at radius 1 is 0.667 bits per heavy atom. The van der Waals surface area contributed by atoms with Gasteiger partial charge in [0.1, 0.15) is 24.7 Å². The van der Waals surface area contributed by atoms with Crippen LogP contribution in [0.25, 0.3) is 0 Å². The summed E-state index contributed by atoms with van der Waals surface area (Å²) in [5, 5.41) is 8.93. The molecule has 0 heterocycles. The molecule has 0 aliphatic carbocycles. The molecule has 0 radical (unpaired) electrons. The third-order valence-electron chi connectivity index (χ3n) is 6.78. The van der Waals surface area contributed by atoms with E-state index in [4.69, 9.17) is 14.6 Å². The Kier molecular flexibility index (Phi) is 11.2. The number of hydrogen-bond donors (Lipinski definition) is 1. The Morgan fingerprint density at radius 2 is 1.07 bits per heavy atom. The van der Waals surface area contributed by atoms with E-state index in [1.807, 2.05) is 23.5 Å². The first kappa shape index (κ1) is 36.3. The van der Waals surface area contributed by atoms with E-state index in [0.717, 1.165) is 16.9 Å². The molecule has 0 aromatic heterocycles. The van der Waals surface area contributed by atoms with E-state index in [9.17, 15) is 4.79 Å². The predicted molar refractivity (Wildman–Crippen MR) is 182 cm³/mol. The van der Waals surface area contributed by atoms with Crippen LogP contribution in [0.15, 0.2) is 52.5 Å². The van der Waals surface area contributed by atoms with E-state index in [1.165, 1.54) is 20.9 Å². The first-order chi connectivity index (χ1) is 18.8. The van der Waals surface area contributed by atoms with Gasteiger partial charge in [-0.15, -0.1) is 23.5 Å². The summed E-state index contributed by atoms with van der Waals surface area (Å²) >= 11 is 3.78. The lowest BCUT2D eigenvalue weighted by atomic mass is 9.79. The van der Waals surface area contributed by atoms with Gasteiger partial charge < -0.3 is 14.6 Å². The molecule has 0 spiro atoms. The van der Waals surface area contributed by atoms with Crippen LogP contribution in [0.1, 0.15) is 119 Å². The molecule has 0 unspecified atom stereocenters. The molecule has 1 N–H and O–H groups in total. The van der Waals surface area contributed by atoms with Gasteiger partial charge in [-0.2, -0.15) is 0 Å². The number of aliphatic carboxylic acids is 1. The van der Waals surface area contributed by atoms with Crippen molar-refractivity contribution < 1.29 is 19.4 Å². The molecule has 0 saturated carbocycles. The number of hydrogen-bond acceptors (Lipinski definition) is 5. The van der Waals surface area contributed by atoms with Crippen LogP contribution < -0.4 is 4.74 Å². The van der Waals surface area contributed by atoms with Crippen molar-refractivity contribution >= 4 is 29.5 Å². The van der Waals surface area contributed by atoms with Crippen LogP contribution in [0.2, 0.25) is 0 Å². The summed E-state index contributed by atoms with van der Waals surface area (Å²) in [6.07, 6.45) is 0. The topological polar surface area (TPSA) is 55.8 Å². The molecular formula is C36H54O4S2. The quantitative estimate of drug-likeness (QED) is 0.163. The summed E-state index contributed by atoms with van der Waals surface area (Å²) in [7, 11) is 0. The van der Waals surface area contributed by atoms with Gasteiger partial charge in [0, 0.05) is 20.9 Å². The van der Waals surface area contributed by atoms with Crippen molar-refractivity contribution in [2.75, 3.05) is 13.2 Å². The Bertz CT molecular complexity index is 1210. The highest BCUT2D eigenvalue weighted by Crippen LogP contribution is 2.50. The van der Waals surface area contributed by atoms with Crippen LogP contribution in [0.3, 0.4) is 0 Å². The Hall–Kier alpha value is -1.89. The summed E-state index contributed by atoms with van der Waals surface area (Å²) in [6.45, 7) is 35.0. The van der Waals surface area contributed by atoms with Crippen LogP contribution in [0.5, 0.6) is 5.75 Å². The van der Waals surface area contributed by atoms with Crippen molar-refractivity contribution in [3.63, 3.8) is 0 Å². The summed E-state index contributed by atoms with van der Waals surface area (Å²) in [4.78, 5) is 13.4. The lowest BCUT2D eigenvalue weighted by Crippen LogP contribution is -2.21. The second-order valence-electron chi connectivity index (χ2n) is 15.7. The minimum atomic E-state index is -1.02. The van der Waals surface area contributed by atoms with Crippen molar-refractivity contribution in [2.24, 2.45) is 0 Å². The number of thioether (sulfide) groups is 2. The standard InChI is InChI=1S/C36H54O4S2/c1-23(21-39-22-30(37)38)40-31-28(34(8,9)10)19-27(20-29(31)35(11,12)13)42-36(14,15)41-26-17-24(32(2,3)4)16-25(18-26)33(5,6)7/h16-20H,1,21-22H2,2-15H3,(H,37,38). The van der Waals surface area contributed by atoms with E-state index >= 15 is 0 Å². The van der Waals surface area contributed by atoms with Gasteiger partial charge in [0.2, 0.25) is 0 Å². The minimum Gasteiger partial charge on any atom is -0.480 e. The molecule has 0 amide bonds. The van der Waals surface area contributed by atoms with Gasteiger partial charge in [0.15, 0.2) is 0 Å². The second-order valence-corrected chi connectivity index (χ2v) is 19.4. The SMILES string of the molecule is C=C(COCC(=O)O)Oc1c(C(C)(C)C)cc(SC(C)(C)Sc2cc(C(C)(C)C)cc(C(C)(C)C)c2)cc1C(C)(C)C.